The number of benzene rings is 2. The SMILES string of the molecule is Cc1cccc(C(C)Nc2ccc(S(C)(=O)=O)cc2)c1. The predicted octanol–water partition coefficient (Wildman–Crippen LogP) is 3.57. The highest BCUT2D eigenvalue weighted by Crippen LogP contribution is 2.21. The summed E-state index contributed by atoms with van der Waals surface area (Å²) in [5, 5.41) is 3.37. The zero-order chi connectivity index (χ0) is 14.8. The molecule has 20 heavy (non-hydrogen) atoms. The first kappa shape index (κ1) is 14.6. The largest absolute Gasteiger partial charge is 0.379 e. The van der Waals surface area contributed by atoms with E-state index in [0.29, 0.717) is 4.90 Å². The Hall–Kier alpha value is -1.81. The van der Waals surface area contributed by atoms with Gasteiger partial charge in [-0.25, -0.2) is 8.42 Å². The second kappa shape index (κ2) is 5.67. The molecule has 2 aromatic carbocycles. The van der Waals surface area contributed by atoms with Crippen LogP contribution in [0.15, 0.2) is 53.4 Å². The molecule has 1 atom stereocenters. The summed E-state index contributed by atoms with van der Waals surface area (Å²) in [4.78, 5) is 0.339. The molecule has 0 fully saturated rings. The van der Waals surface area contributed by atoms with E-state index in [1.54, 1.807) is 24.3 Å². The van der Waals surface area contributed by atoms with E-state index in [-0.39, 0.29) is 6.04 Å². The summed E-state index contributed by atoms with van der Waals surface area (Å²) in [7, 11) is -3.13. The van der Waals surface area contributed by atoms with Crippen LogP contribution in [-0.2, 0) is 9.84 Å². The van der Waals surface area contributed by atoms with Crippen LogP contribution in [0.3, 0.4) is 0 Å². The average molecular weight is 289 g/mol. The van der Waals surface area contributed by atoms with Gasteiger partial charge in [0, 0.05) is 18.0 Å². The summed E-state index contributed by atoms with van der Waals surface area (Å²) in [6.07, 6.45) is 1.21. The van der Waals surface area contributed by atoms with Gasteiger partial charge in [0.05, 0.1) is 4.90 Å². The summed E-state index contributed by atoms with van der Waals surface area (Å²) >= 11 is 0. The van der Waals surface area contributed by atoms with Gasteiger partial charge in [-0.2, -0.15) is 0 Å². The minimum absolute atomic E-state index is 0.166. The maximum absolute atomic E-state index is 11.4. The lowest BCUT2D eigenvalue weighted by molar-refractivity contribution is 0.602. The summed E-state index contributed by atoms with van der Waals surface area (Å²) < 4.78 is 22.8. The third kappa shape index (κ3) is 3.61. The molecule has 0 aliphatic heterocycles. The van der Waals surface area contributed by atoms with E-state index in [1.165, 1.54) is 17.4 Å². The Morgan fingerprint density at radius 3 is 2.25 bits per heavy atom. The molecule has 2 rings (SSSR count). The molecule has 2 aromatic rings. The molecule has 0 aliphatic carbocycles. The van der Waals surface area contributed by atoms with Crippen molar-refractivity contribution < 1.29 is 8.42 Å². The monoisotopic (exact) mass is 289 g/mol. The molecule has 0 spiro atoms. The lowest BCUT2D eigenvalue weighted by Gasteiger charge is -2.16. The van der Waals surface area contributed by atoms with Crippen LogP contribution in [0.25, 0.3) is 0 Å². The van der Waals surface area contributed by atoms with Crippen LogP contribution in [-0.4, -0.2) is 14.7 Å². The van der Waals surface area contributed by atoms with Crippen molar-refractivity contribution in [3.63, 3.8) is 0 Å². The van der Waals surface area contributed by atoms with Crippen LogP contribution in [0, 0.1) is 6.92 Å². The Balaban J connectivity index is 2.14. The maximum atomic E-state index is 11.4. The molecule has 0 saturated carbocycles. The number of anilines is 1. The molecular weight excluding hydrogens is 270 g/mol. The predicted molar refractivity (Wildman–Crippen MR) is 82.8 cm³/mol. The molecule has 3 nitrogen and oxygen atoms in total. The van der Waals surface area contributed by atoms with Gasteiger partial charge < -0.3 is 5.32 Å². The average Bonchev–Trinajstić information content (AvgIpc) is 2.38. The molecular formula is C16H19NO2S. The second-order valence-corrected chi connectivity index (χ2v) is 7.09. The van der Waals surface area contributed by atoms with Gasteiger partial charge in [0.1, 0.15) is 0 Å². The zero-order valence-corrected chi connectivity index (χ0v) is 12.7. The van der Waals surface area contributed by atoms with Crippen molar-refractivity contribution in [2.75, 3.05) is 11.6 Å². The van der Waals surface area contributed by atoms with Crippen molar-refractivity contribution in [3.05, 3.63) is 59.7 Å². The van der Waals surface area contributed by atoms with Crippen molar-refractivity contribution in [2.45, 2.75) is 24.8 Å². The highest BCUT2D eigenvalue weighted by Gasteiger charge is 2.08. The van der Waals surface area contributed by atoms with Crippen LogP contribution in [0.1, 0.15) is 24.1 Å². The topological polar surface area (TPSA) is 46.2 Å². The Kier molecular flexibility index (Phi) is 4.14. The summed E-state index contributed by atoms with van der Waals surface area (Å²) in [5.74, 6) is 0. The lowest BCUT2D eigenvalue weighted by Crippen LogP contribution is -2.07. The highest BCUT2D eigenvalue weighted by atomic mass is 32.2. The number of hydrogen-bond donors (Lipinski definition) is 1. The van der Waals surface area contributed by atoms with Crippen molar-refractivity contribution in [2.24, 2.45) is 0 Å². The van der Waals surface area contributed by atoms with Crippen LogP contribution in [0.5, 0.6) is 0 Å². The molecule has 1 unspecified atom stereocenters. The molecule has 0 radical (unpaired) electrons. The van der Waals surface area contributed by atoms with Crippen molar-refractivity contribution in [1.29, 1.82) is 0 Å². The van der Waals surface area contributed by atoms with Crippen molar-refractivity contribution in [3.8, 4) is 0 Å². The van der Waals surface area contributed by atoms with Crippen molar-refractivity contribution >= 4 is 15.5 Å². The van der Waals surface area contributed by atoms with Gasteiger partial charge >= 0.3 is 0 Å². The van der Waals surface area contributed by atoms with Gasteiger partial charge in [-0.1, -0.05) is 29.8 Å². The fourth-order valence-corrected chi connectivity index (χ4v) is 2.70. The molecule has 0 aromatic heterocycles. The first-order chi connectivity index (χ1) is 9.36. The zero-order valence-electron chi connectivity index (χ0n) is 11.9. The molecule has 106 valence electrons. The lowest BCUT2D eigenvalue weighted by atomic mass is 10.1. The van der Waals surface area contributed by atoms with E-state index in [4.69, 9.17) is 0 Å². The Morgan fingerprint density at radius 2 is 1.70 bits per heavy atom. The number of rotatable bonds is 4. The summed E-state index contributed by atoms with van der Waals surface area (Å²) in [6.45, 7) is 4.15. The van der Waals surface area contributed by atoms with E-state index < -0.39 is 9.84 Å². The van der Waals surface area contributed by atoms with Crippen LogP contribution in [0.2, 0.25) is 0 Å². The third-order valence-corrected chi connectivity index (χ3v) is 4.34. The fraction of sp³-hybridized carbons (Fsp3) is 0.250. The van der Waals surface area contributed by atoms with Gasteiger partial charge in [-0.05, 0) is 43.7 Å². The Bertz CT molecular complexity index is 691. The number of aryl methyl sites for hydroxylation is 1. The van der Waals surface area contributed by atoms with Crippen LogP contribution >= 0.6 is 0 Å². The van der Waals surface area contributed by atoms with Gasteiger partial charge in [-0.3, -0.25) is 0 Å². The Labute approximate surface area is 120 Å². The van der Waals surface area contributed by atoms with Gasteiger partial charge in [-0.15, -0.1) is 0 Å². The summed E-state index contributed by atoms with van der Waals surface area (Å²) in [6, 6.07) is 15.3. The van der Waals surface area contributed by atoms with E-state index >= 15 is 0 Å². The molecule has 0 aliphatic rings. The molecule has 0 saturated heterocycles. The van der Waals surface area contributed by atoms with E-state index in [0.717, 1.165) is 5.69 Å². The molecule has 0 amide bonds. The van der Waals surface area contributed by atoms with Crippen LogP contribution in [0.4, 0.5) is 5.69 Å². The Morgan fingerprint density at radius 1 is 1.05 bits per heavy atom. The maximum Gasteiger partial charge on any atom is 0.175 e. The van der Waals surface area contributed by atoms with Crippen LogP contribution < -0.4 is 5.32 Å². The molecule has 4 heteroatoms. The standard InChI is InChI=1S/C16H19NO2S/c1-12-5-4-6-14(11-12)13(2)17-15-7-9-16(10-8-15)20(3,18)19/h4-11,13,17H,1-3H3. The number of sulfone groups is 1. The molecule has 1 N–H and O–H groups in total. The first-order valence-electron chi connectivity index (χ1n) is 6.49. The summed E-state index contributed by atoms with van der Waals surface area (Å²) in [5.41, 5.74) is 3.34. The highest BCUT2D eigenvalue weighted by molar-refractivity contribution is 7.90. The third-order valence-electron chi connectivity index (χ3n) is 3.21. The normalized spacial score (nSPS) is 12.9. The van der Waals surface area contributed by atoms with Gasteiger partial charge in [0.15, 0.2) is 9.84 Å². The second-order valence-electron chi connectivity index (χ2n) is 5.08. The minimum atomic E-state index is -3.13. The fourth-order valence-electron chi connectivity index (χ4n) is 2.07. The van der Waals surface area contributed by atoms with E-state index in [2.05, 4.69) is 37.4 Å². The first-order valence-corrected chi connectivity index (χ1v) is 8.38. The number of nitrogens with one attached hydrogen (secondary N) is 1. The molecule has 0 heterocycles. The van der Waals surface area contributed by atoms with E-state index in [1.807, 2.05) is 6.07 Å². The number of hydrogen-bond acceptors (Lipinski definition) is 3. The van der Waals surface area contributed by atoms with Gasteiger partial charge in [0.2, 0.25) is 0 Å². The smallest absolute Gasteiger partial charge is 0.175 e. The van der Waals surface area contributed by atoms with Gasteiger partial charge in [0.25, 0.3) is 0 Å². The molecule has 0 bridgehead atoms. The minimum Gasteiger partial charge on any atom is -0.379 e. The quantitative estimate of drug-likeness (QED) is 0.936. The van der Waals surface area contributed by atoms with E-state index in [9.17, 15) is 8.42 Å². The van der Waals surface area contributed by atoms with Crippen molar-refractivity contribution in [1.82, 2.24) is 0 Å².